The van der Waals surface area contributed by atoms with Crippen molar-refractivity contribution in [1.82, 2.24) is 0 Å². The average molecular weight is 172 g/mol. The molecule has 0 unspecified atom stereocenters. The lowest BCUT2D eigenvalue weighted by atomic mass is 10.1. The van der Waals surface area contributed by atoms with Crippen molar-refractivity contribution in [2.24, 2.45) is 0 Å². The molecule has 0 atom stereocenters. The second kappa shape index (κ2) is 3.09. The van der Waals surface area contributed by atoms with Gasteiger partial charge in [-0.2, -0.15) is 0 Å². The van der Waals surface area contributed by atoms with E-state index in [-0.39, 0.29) is 0 Å². The molecule has 0 aliphatic heterocycles. The van der Waals surface area contributed by atoms with Crippen LogP contribution in [-0.2, 0) is 0 Å². The molecule has 13 heavy (non-hydrogen) atoms. The van der Waals surface area contributed by atoms with Crippen molar-refractivity contribution in [3.8, 4) is 11.3 Å². The van der Waals surface area contributed by atoms with E-state index in [0.717, 1.165) is 17.1 Å². The Morgan fingerprint density at radius 1 is 1.00 bits per heavy atom. The van der Waals surface area contributed by atoms with Gasteiger partial charge in [-0.15, -0.1) is 0 Å². The second-order valence-corrected chi connectivity index (χ2v) is 3.24. The number of rotatable bonds is 1. The summed E-state index contributed by atoms with van der Waals surface area (Å²) in [6, 6.07) is 12.2. The van der Waals surface area contributed by atoms with Crippen molar-refractivity contribution < 1.29 is 4.42 Å². The van der Waals surface area contributed by atoms with Crippen LogP contribution in [0.15, 0.2) is 40.8 Å². The van der Waals surface area contributed by atoms with Crippen LogP contribution < -0.4 is 0 Å². The number of aryl methyl sites for hydroxylation is 2. The lowest BCUT2D eigenvalue weighted by molar-refractivity contribution is 0.547. The Balaban J connectivity index is 2.53. The van der Waals surface area contributed by atoms with Crippen LogP contribution in [0.5, 0.6) is 0 Å². The molecule has 0 aliphatic rings. The van der Waals surface area contributed by atoms with Crippen molar-refractivity contribution in [1.29, 1.82) is 0 Å². The van der Waals surface area contributed by atoms with Crippen LogP contribution in [0.4, 0.5) is 0 Å². The molecule has 0 radical (unpaired) electrons. The minimum absolute atomic E-state index is 0.969. The topological polar surface area (TPSA) is 13.1 Å². The SMILES string of the molecule is Cc1cc(C)c(-c2ccccc2)o1. The molecule has 1 nitrogen and oxygen atoms in total. The van der Waals surface area contributed by atoms with Crippen molar-refractivity contribution in [3.63, 3.8) is 0 Å². The Morgan fingerprint density at radius 3 is 2.23 bits per heavy atom. The van der Waals surface area contributed by atoms with Gasteiger partial charge in [0.25, 0.3) is 0 Å². The molecule has 0 saturated carbocycles. The summed E-state index contributed by atoms with van der Waals surface area (Å²) in [5.41, 5.74) is 2.34. The summed E-state index contributed by atoms with van der Waals surface area (Å²) < 4.78 is 5.60. The molecule has 0 spiro atoms. The Morgan fingerprint density at radius 2 is 1.69 bits per heavy atom. The zero-order valence-corrected chi connectivity index (χ0v) is 7.87. The fraction of sp³-hybridized carbons (Fsp3) is 0.167. The third kappa shape index (κ3) is 1.50. The van der Waals surface area contributed by atoms with E-state index in [2.05, 4.69) is 25.1 Å². The molecule has 1 aromatic carbocycles. The number of hydrogen-bond donors (Lipinski definition) is 0. The number of hydrogen-bond acceptors (Lipinski definition) is 1. The minimum Gasteiger partial charge on any atom is -0.461 e. The first-order chi connectivity index (χ1) is 6.27. The molecule has 0 saturated heterocycles. The van der Waals surface area contributed by atoms with Gasteiger partial charge in [-0.05, 0) is 25.5 Å². The quantitative estimate of drug-likeness (QED) is 0.641. The smallest absolute Gasteiger partial charge is 0.137 e. The summed E-state index contributed by atoms with van der Waals surface area (Å²) in [6.07, 6.45) is 0. The van der Waals surface area contributed by atoms with Crippen molar-refractivity contribution in [3.05, 3.63) is 47.7 Å². The van der Waals surface area contributed by atoms with E-state index in [4.69, 9.17) is 4.42 Å². The van der Waals surface area contributed by atoms with Crippen molar-refractivity contribution in [2.45, 2.75) is 13.8 Å². The van der Waals surface area contributed by atoms with Crippen LogP contribution >= 0.6 is 0 Å². The first-order valence-corrected chi connectivity index (χ1v) is 4.40. The molecular weight excluding hydrogens is 160 g/mol. The van der Waals surface area contributed by atoms with Crippen molar-refractivity contribution in [2.75, 3.05) is 0 Å². The maximum atomic E-state index is 5.60. The normalized spacial score (nSPS) is 10.3. The van der Waals surface area contributed by atoms with Gasteiger partial charge in [-0.25, -0.2) is 0 Å². The number of furan rings is 1. The van der Waals surface area contributed by atoms with Gasteiger partial charge >= 0.3 is 0 Å². The zero-order chi connectivity index (χ0) is 9.26. The molecule has 2 rings (SSSR count). The van der Waals surface area contributed by atoms with Crippen LogP contribution in [-0.4, -0.2) is 0 Å². The Kier molecular flexibility index (Phi) is 1.93. The molecule has 0 N–H and O–H groups in total. The van der Waals surface area contributed by atoms with Gasteiger partial charge in [0.05, 0.1) is 0 Å². The zero-order valence-electron chi connectivity index (χ0n) is 7.87. The monoisotopic (exact) mass is 172 g/mol. The van der Waals surface area contributed by atoms with Crippen LogP contribution in [0.2, 0.25) is 0 Å². The van der Waals surface area contributed by atoms with Gasteiger partial charge in [0.15, 0.2) is 0 Å². The highest BCUT2D eigenvalue weighted by Crippen LogP contribution is 2.25. The molecule has 2 aromatic rings. The van der Waals surface area contributed by atoms with E-state index in [9.17, 15) is 0 Å². The number of benzene rings is 1. The first kappa shape index (κ1) is 8.11. The van der Waals surface area contributed by atoms with Crippen LogP contribution in [0.3, 0.4) is 0 Å². The summed E-state index contributed by atoms with van der Waals surface area (Å²) in [5.74, 6) is 1.95. The highest BCUT2D eigenvalue weighted by molar-refractivity contribution is 5.61. The summed E-state index contributed by atoms with van der Waals surface area (Å²) in [5, 5.41) is 0. The van der Waals surface area contributed by atoms with Gasteiger partial charge in [0.2, 0.25) is 0 Å². The van der Waals surface area contributed by atoms with Gasteiger partial charge in [0, 0.05) is 5.56 Å². The predicted molar refractivity (Wildman–Crippen MR) is 53.6 cm³/mol. The van der Waals surface area contributed by atoms with E-state index < -0.39 is 0 Å². The summed E-state index contributed by atoms with van der Waals surface area (Å²) in [6.45, 7) is 4.04. The fourth-order valence-electron chi connectivity index (χ4n) is 1.52. The third-order valence-corrected chi connectivity index (χ3v) is 2.08. The summed E-state index contributed by atoms with van der Waals surface area (Å²) in [4.78, 5) is 0. The molecular formula is C12H12O. The lowest BCUT2D eigenvalue weighted by Gasteiger charge is -1.96. The molecule has 1 aromatic heterocycles. The van der Waals surface area contributed by atoms with Gasteiger partial charge in [-0.3, -0.25) is 0 Å². The van der Waals surface area contributed by atoms with E-state index in [1.807, 2.05) is 25.1 Å². The van der Waals surface area contributed by atoms with E-state index in [1.54, 1.807) is 0 Å². The fourth-order valence-corrected chi connectivity index (χ4v) is 1.52. The van der Waals surface area contributed by atoms with Gasteiger partial charge in [-0.1, -0.05) is 30.3 Å². The largest absolute Gasteiger partial charge is 0.461 e. The standard InChI is InChI=1S/C12H12O/c1-9-8-10(2)13-12(9)11-6-4-3-5-7-11/h3-8H,1-2H3. The molecule has 0 amide bonds. The maximum absolute atomic E-state index is 5.60. The van der Waals surface area contributed by atoms with Crippen LogP contribution in [0.25, 0.3) is 11.3 Å². The molecule has 1 heterocycles. The summed E-state index contributed by atoms with van der Waals surface area (Å²) >= 11 is 0. The summed E-state index contributed by atoms with van der Waals surface area (Å²) in [7, 11) is 0. The van der Waals surface area contributed by atoms with Crippen LogP contribution in [0.1, 0.15) is 11.3 Å². The highest BCUT2D eigenvalue weighted by atomic mass is 16.3. The average Bonchev–Trinajstić information content (AvgIpc) is 2.47. The van der Waals surface area contributed by atoms with E-state index >= 15 is 0 Å². The molecule has 66 valence electrons. The van der Waals surface area contributed by atoms with E-state index in [1.165, 1.54) is 5.56 Å². The minimum atomic E-state index is 0.969. The molecule has 1 heteroatoms. The van der Waals surface area contributed by atoms with Gasteiger partial charge < -0.3 is 4.42 Å². The second-order valence-electron chi connectivity index (χ2n) is 3.24. The molecule has 0 fully saturated rings. The van der Waals surface area contributed by atoms with Crippen molar-refractivity contribution >= 4 is 0 Å². The Bertz CT molecular complexity index is 398. The Hall–Kier alpha value is -1.50. The van der Waals surface area contributed by atoms with Crippen LogP contribution in [0, 0.1) is 13.8 Å². The predicted octanol–water partition coefficient (Wildman–Crippen LogP) is 3.56. The van der Waals surface area contributed by atoms with Gasteiger partial charge in [0.1, 0.15) is 11.5 Å². The molecule has 0 bridgehead atoms. The first-order valence-electron chi connectivity index (χ1n) is 4.40. The Labute approximate surface area is 78.0 Å². The highest BCUT2D eigenvalue weighted by Gasteiger charge is 2.05. The lowest BCUT2D eigenvalue weighted by Crippen LogP contribution is -1.74. The third-order valence-electron chi connectivity index (χ3n) is 2.08. The molecule has 0 aliphatic carbocycles. The van der Waals surface area contributed by atoms with E-state index in [0.29, 0.717) is 0 Å². The maximum Gasteiger partial charge on any atom is 0.137 e.